The first-order valence-electron chi connectivity index (χ1n) is 11.2. The summed E-state index contributed by atoms with van der Waals surface area (Å²) in [7, 11) is 0. The van der Waals surface area contributed by atoms with Crippen LogP contribution in [0.4, 0.5) is 0 Å². The van der Waals surface area contributed by atoms with Crippen LogP contribution < -0.4 is 10.6 Å². The fraction of sp³-hybridized carbons (Fsp3) is 0.909. The molecule has 2 amide bonds. The first-order valence-corrected chi connectivity index (χ1v) is 11.2. The molecule has 0 atom stereocenters. The van der Waals surface area contributed by atoms with Crippen molar-refractivity contribution in [2.45, 2.75) is 101 Å². The van der Waals surface area contributed by atoms with E-state index in [1.54, 1.807) is 0 Å². The molecule has 0 heterocycles. The van der Waals surface area contributed by atoms with Crippen LogP contribution in [-0.4, -0.2) is 22.9 Å². The number of hydrogen-bond donors (Lipinski definition) is 2. The Morgan fingerprint density at radius 1 is 0.577 bits per heavy atom. The van der Waals surface area contributed by atoms with E-state index in [1.165, 1.54) is 64.2 Å². The van der Waals surface area contributed by atoms with Crippen molar-refractivity contribution >= 4 is 11.8 Å². The van der Waals surface area contributed by atoms with Crippen LogP contribution in [0.15, 0.2) is 0 Å². The molecule has 5 aliphatic rings. The van der Waals surface area contributed by atoms with Crippen molar-refractivity contribution < 1.29 is 9.59 Å². The predicted octanol–water partition coefficient (Wildman–Crippen LogP) is 3.69. The summed E-state index contributed by atoms with van der Waals surface area (Å²) in [5, 5.41) is 6.87. The first-order chi connectivity index (χ1) is 12.5. The van der Waals surface area contributed by atoms with Gasteiger partial charge in [0.05, 0.1) is 0 Å². The molecule has 0 aromatic rings. The molecule has 0 aromatic carbocycles. The lowest BCUT2D eigenvalue weighted by Crippen LogP contribution is -2.50. The molecule has 0 aliphatic heterocycles. The van der Waals surface area contributed by atoms with E-state index < -0.39 is 0 Å². The number of carbonyl (C=O) groups excluding carboxylic acids is 2. The highest BCUT2D eigenvalue weighted by Gasteiger charge is 2.48. The molecule has 4 bridgehead atoms. The van der Waals surface area contributed by atoms with Gasteiger partial charge in [0, 0.05) is 22.9 Å². The van der Waals surface area contributed by atoms with Crippen LogP contribution in [0.25, 0.3) is 0 Å². The van der Waals surface area contributed by atoms with Crippen molar-refractivity contribution in [3.05, 3.63) is 0 Å². The van der Waals surface area contributed by atoms with Crippen LogP contribution >= 0.6 is 0 Å². The van der Waals surface area contributed by atoms with Crippen LogP contribution in [-0.2, 0) is 9.59 Å². The summed E-state index contributed by atoms with van der Waals surface area (Å²) in [6.07, 6.45) is 15.9. The van der Waals surface area contributed by atoms with E-state index >= 15 is 0 Å². The fourth-order valence-corrected chi connectivity index (χ4v) is 7.08. The van der Waals surface area contributed by atoms with Gasteiger partial charge < -0.3 is 10.6 Å². The Bertz CT molecular complexity index is 525. The van der Waals surface area contributed by atoms with Crippen LogP contribution in [0, 0.1) is 23.7 Å². The number of hydrogen-bond acceptors (Lipinski definition) is 2. The Morgan fingerprint density at radius 3 is 1.19 bits per heavy atom. The summed E-state index contributed by atoms with van der Waals surface area (Å²) in [6.45, 7) is 0. The van der Waals surface area contributed by atoms with Crippen molar-refractivity contribution in [1.29, 1.82) is 0 Å². The molecule has 0 unspecified atom stereocenters. The van der Waals surface area contributed by atoms with Crippen LogP contribution in [0.2, 0.25) is 0 Å². The molecule has 5 aliphatic carbocycles. The second-order valence-electron chi connectivity index (χ2n) is 10.4. The molecular weight excluding hydrogens is 324 g/mol. The molecule has 144 valence electrons. The molecule has 5 fully saturated rings. The lowest BCUT2D eigenvalue weighted by molar-refractivity contribution is -0.132. The second-order valence-corrected chi connectivity index (χ2v) is 10.4. The summed E-state index contributed by atoms with van der Waals surface area (Å²) in [4.78, 5) is 25.6. The summed E-state index contributed by atoms with van der Waals surface area (Å²) in [5.41, 5.74) is 0.271. The maximum atomic E-state index is 12.8. The van der Waals surface area contributed by atoms with Gasteiger partial charge in [-0.1, -0.05) is 0 Å². The minimum absolute atomic E-state index is 0.133. The molecule has 26 heavy (non-hydrogen) atoms. The number of fused-ring (bicyclic) bond motifs is 4. The zero-order valence-corrected chi connectivity index (χ0v) is 16.0. The Kier molecular flexibility index (Phi) is 4.09. The number of carbonyl (C=O) groups is 2. The lowest BCUT2D eigenvalue weighted by atomic mass is 9.80. The van der Waals surface area contributed by atoms with Crippen molar-refractivity contribution in [2.75, 3.05) is 0 Å². The molecule has 2 N–H and O–H groups in total. The third kappa shape index (κ3) is 2.97. The first kappa shape index (κ1) is 17.1. The third-order valence-electron chi connectivity index (χ3n) is 8.73. The topological polar surface area (TPSA) is 58.2 Å². The van der Waals surface area contributed by atoms with Gasteiger partial charge in [-0.3, -0.25) is 9.59 Å². The van der Waals surface area contributed by atoms with E-state index in [9.17, 15) is 9.59 Å². The highest BCUT2D eigenvalue weighted by Crippen LogP contribution is 2.49. The van der Waals surface area contributed by atoms with Crippen molar-refractivity contribution in [3.8, 4) is 0 Å². The molecule has 0 spiro atoms. The fourth-order valence-electron chi connectivity index (χ4n) is 7.08. The van der Waals surface area contributed by atoms with Gasteiger partial charge in [0.25, 0.3) is 0 Å². The average Bonchev–Trinajstić information content (AvgIpc) is 3.42. The minimum Gasteiger partial charge on any atom is -0.350 e. The van der Waals surface area contributed by atoms with E-state index in [1.807, 2.05) is 0 Å². The molecule has 4 nitrogen and oxygen atoms in total. The summed E-state index contributed by atoms with van der Waals surface area (Å²) in [5.74, 6) is 2.54. The summed E-state index contributed by atoms with van der Waals surface area (Å²) in [6, 6.07) is 0. The van der Waals surface area contributed by atoms with Crippen LogP contribution in [0.5, 0.6) is 0 Å². The van der Waals surface area contributed by atoms with Crippen LogP contribution in [0.1, 0.15) is 89.9 Å². The smallest absolute Gasteiger partial charge is 0.223 e. The number of rotatable bonds is 4. The normalized spacial score (nSPS) is 46.5. The Morgan fingerprint density at radius 2 is 0.923 bits per heavy atom. The highest BCUT2D eigenvalue weighted by molar-refractivity contribution is 5.82. The molecule has 0 saturated heterocycles. The molecule has 0 aromatic heterocycles. The zero-order chi connectivity index (χ0) is 17.8. The van der Waals surface area contributed by atoms with Crippen LogP contribution in [0.3, 0.4) is 0 Å². The van der Waals surface area contributed by atoms with Gasteiger partial charge in [-0.25, -0.2) is 0 Å². The summed E-state index contributed by atoms with van der Waals surface area (Å²) < 4.78 is 0. The van der Waals surface area contributed by atoms with Gasteiger partial charge in [-0.2, -0.15) is 0 Å². The summed E-state index contributed by atoms with van der Waals surface area (Å²) >= 11 is 0. The van der Waals surface area contributed by atoms with Gasteiger partial charge in [0.15, 0.2) is 0 Å². The van der Waals surface area contributed by atoms with E-state index in [0.717, 1.165) is 37.5 Å². The maximum Gasteiger partial charge on any atom is 0.223 e. The SMILES string of the molecule is O=C(NC12CCC(CC1)C2)C1CCC(C(=O)NC23CCC(CC2)C3)CC1. The minimum atomic E-state index is 0.133. The maximum absolute atomic E-state index is 12.8. The van der Waals surface area contributed by atoms with Gasteiger partial charge in [-0.15, -0.1) is 0 Å². The average molecular weight is 359 g/mol. The largest absolute Gasteiger partial charge is 0.350 e. The molecule has 0 radical (unpaired) electrons. The highest BCUT2D eigenvalue weighted by atomic mass is 16.2. The van der Waals surface area contributed by atoms with E-state index in [0.29, 0.717) is 0 Å². The zero-order valence-electron chi connectivity index (χ0n) is 16.0. The van der Waals surface area contributed by atoms with Crippen molar-refractivity contribution in [1.82, 2.24) is 10.6 Å². The molecule has 5 saturated carbocycles. The second kappa shape index (κ2) is 6.24. The molecule has 4 heteroatoms. The van der Waals surface area contributed by atoms with Crippen molar-refractivity contribution in [2.24, 2.45) is 23.7 Å². The van der Waals surface area contributed by atoms with Crippen molar-refractivity contribution in [3.63, 3.8) is 0 Å². The quantitative estimate of drug-likeness (QED) is 0.805. The predicted molar refractivity (Wildman–Crippen MR) is 100 cm³/mol. The Labute approximate surface area is 157 Å². The lowest BCUT2D eigenvalue weighted by Gasteiger charge is -2.34. The van der Waals surface area contributed by atoms with Gasteiger partial charge in [0.1, 0.15) is 0 Å². The van der Waals surface area contributed by atoms with Gasteiger partial charge in [-0.05, 0) is 102 Å². The van der Waals surface area contributed by atoms with Gasteiger partial charge in [0.2, 0.25) is 11.8 Å². The Hall–Kier alpha value is -1.06. The molecular formula is C22H34N2O2. The monoisotopic (exact) mass is 358 g/mol. The standard InChI is InChI=1S/C22H34N2O2/c25-19(23-21-9-5-15(13-21)6-10-21)17-1-2-18(4-3-17)20(26)24-22-11-7-16(14-22)8-12-22/h15-18H,1-14H2,(H,23,25)(H,24,26). The van der Waals surface area contributed by atoms with Gasteiger partial charge >= 0.3 is 0 Å². The number of amides is 2. The third-order valence-corrected chi connectivity index (χ3v) is 8.73. The van der Waals surface area contributed by atoms with E-state index in [2.05, 4.69) is 10.6 Å². The van der Waals surface area contributed by atoms with E-state index in [4.69, 9.17) is 0 Å². The number of nitrogens with one attached hydrogen (secondary N) is 2. The Balaban J connectivity index is 1.11. The molecule has 5 rings (SSSR count). The van der Waals surface area contributed by atoms with E-state index in [-0.39, 0.29) is 34.7 Å².